The number of guanidine groups is 2. The monoisotopic (exact) mass is 728 g/mol. The lowest BCUT2D eigenvalue weighted by Crippen LogP contribution is -2.57. The van der Waals surface area contributed by atoms with E-state index >= 15 is 0 Å². The minimum Gasteiger partial charge on any atom is -0.370 e. The molecule has 1 aliphatic rings. The minimum atomic E-state index is -1.28. The summed E-state index contributed by atoms with van der Waals surface area (Å²) in [6, 6.07) is 2.77. The van der Waals surface area contributed by atoms with Gasteiger partial charge in [-0.1, -0.05) is 12.1 Å². The molecule has 19 heteroatoms. The number of para-hydroxylation sites is 1. The molecule has 5 amide bonds. The fourth-order valence-corrected chi connectivity index (χ4v) is 6.35. The van der Waals surface area contributed by atoms with Crippen LogP contribution >= 0.6 is 11.3 Å². The van der Waals surface area contributed by atoms with Crippen molar-refractivity contribution in [3.05, 3.63) is 29.3 Å². The molecular formula is C32H48N12O6S. The van der Waals surface area contributed by atoms with Crippen LogP contribution in [0.15, 0.2) is 24.3 Å². The number of thiazole rings is 1. The molecule has 1 aromatic heterocycles. The van der Waals surface area contributed by atoms with Crippen LogP contribution in [0.2, 0.25) is 0 Å². The van der Waals surface area contributed by atoms with Crippen LogP contribution in [0.4, 0.5) is 0 Å². The summed E-state index contributed by atoms with van der Waals surface area (Å²) in [5, 5.41) is 33.8. The topological polar surface area (TPSA) is 299 Å². The van der Waals surface area contributed by atoms with Crippen LogP contribution < -0.4 is 48.7 Å². The number of carbonyl (C=O) groups is 6. The number of nitrogens with two attached hydrogens (primary N) is 2. The lowest BCUT2D eigenvalue weighted by molar-refractivity contribution is -0.134. The van der Waals surface area contributed by atoms with Crippen molar-refractivity contribution in [2.45, 2.75) is 88.9 Å². The highest BCUT2D eigenvalue weighted by Crippen LogP contribution is 2.23. The number of amides is 5. The van der Waals surface area contributed by atoms with Crippen LogP contribution in [0.5, 0.6) is 0 Å². The van der Waals surface area contributed by atoms with Crippen molar-refractivity contribution in [1.29, 1.82) is 10.8 Å². The molecule has 51 heavy (non-hydrogen) atoms. The lowest BCUT2D eigenvalue weighted by atomic mass is 10.0. The first-order valence-corrected chi connectivity index (χ1v) is 17.7. The van der Waals surface area contributed by atoms with E-state index < -0.39 is 53.6 Å². The fraction of sp³-hybridized carbons (Fsp3) is 0.531. The van der Waals surface area contributed by atoms with Gasteiger partial charge in [-0.2, -0.15) is 0 Å². The summed E-state index contributed by atoms with van der Waals surface area (Å²) in [5.74, 6) is -3.77. The fourth-order valence-electron chi connectivity index (χ4n) is 5.39. The first-order chi connectivity index (χ1) is 24.3. The Kier molecular flexibility index (Phi) is 16.0. The Morgan fingerprint density at radius 3 is 2.37 bits per heavy atom. The van der Waals surface area contributed by atoms with Gasteiger partial charge in [-0.05, 0) is 63.5 Å². The number of benzene rings is 1. The predicted octanol–water partition coefficient (Wildman–Crippen LogP) is -0.955. The Labute approximate surface area is 299 Å². The molecule has 0 spiro atoms. The van der Waals surface area contributed by atoms with Crippen molar-refractivity contribution < 1.29 is 28.8 Å². The number of nitrogens with zero attached hydrogens (tertiary/aromatic N) is 1. The molecule has 2 aromatic rings. The molecule has 2 heterocycles. The highest BCUT2D eigenvalue weighted by atomic mass is 32.1. The molecule has 1 aromatic carbocycles. The number of ketones is 1. The average molecular weight is 729 g/mol. The zero-order valence-electron chi connectivity index (χ0n) is 28.6. The third-order valence-corrected chi connectivity index (χ3v) is 9.02. The van der Waals surface area contributed by atoms with Crippen molar-refractivity contribution in [3.63, 3.8) is 0 Å². The summed E-state index contributed by atoms with van der Waals surface area (Å²) in [6.45, 7) is 2.06. The van der Waals surface area contributed by atoms with E-state index in [1.807, 2.05) is 12.1 Å². The van der Waals surface area contributed by atoms with Crippen molar-refractivity contribution in [2.24, 2.45) is 11.5 Å². The molecule has 13 N–H and O–H groups in total. The van der Waals surface area contributed by atoms with Crippen molar-refractivity contribution in [1.82, 2.24) is 42.2 Å². The Morgan fingerprint density at radius 1 is 0.980 bits per heavy atom. The van der Waals surface area contributed by atoms with Crippen molar-refractivity contribution in [2.75, 3.05) is 19.6 Å². The maximum Gasteiger partial charge on any atom is 0.243 e. The Morgan fingerprint density at radius 2 is 1.69 bits per heavy atom. The van der Waals surface area contributed by atoms with Crippen LogP contribution in [0.3, 0.4) is 0 Å². The number of aromatic nitrogens is 1. The highest BCUT2D eigenvalue weighted by Gasteiger charge is 2.32. The quantitative estimate of drug-likeness (QED) is 0.0517. The number of hydrogen-bond donors (Lipinski definition) is 11. The van der Waals surface area contributed by atoms with Gasteiger partial charge in [0.15, 0.2) is 16.9 Å². The zero-order valence-corrected chi connectivity index (χ0v) is 29.4. The number of fused-ring (bicyclic) bond motifs is 1. The molecule has 1 unspecified atom stereocenters. The van der Waals surface area contributed by atoms with E-state index in [1.165, 1.54) is 18.3 Å². The van der Waals surface area contributed by atoms with Crippen LogP contribution in [0, 0.1) is 10.8 Å². The summed E-state index contributed by atoms with van der Waals surface area (Å²) >= 11 is 1.18. The van der Waals surface area contributed by atoms with Crippen LogP contribution in [-0.4, -0.2) is 96.0 Å². The largest absolute Gasteiger partial charge is 0.370 e. The smallest absolute Gasteiger partial charge is 0.243 e. The molecule has 0 radical (unpaired) electrons. The van der Waals surface area contributed by atoms with Gasteiger partial charge in [0.1, 0.15) is 18.1 Å². The molecule has 1 saturated heterocycles. The van der Waals surface area contributed by atoms with E-state index in [9.17, 15) is 28.8 Å². The van der Waals surface area contributed by atoms with Gasteiger partial charge < -0.3 is 48.7 Å². The first-order valence-electron chi connectivity index (χ1n) is 16.8. The molecular weight excluding hydrogens is 680 g/mol. The van der Waals surface area contributed by atoms with Crippen LogP contribution in [0.1, 0.15) is 74.5 Å². The lowest BCUT2D eigenvalue weighted by Gasteiger charge is -2.26. The van der Waals surface area contributed by atoms with Gasteiger partial charge >= 0.3 is 0 Å². The van der Waals surface area contributed by atoms with Gasteiger partial charge in [0, 0.05) is 33.0 Å². The molecule has 0 bridgehead atoms. The average Bonchev–Trinajstić information content (AvgIpc) is 3.51. The molecule has 1 fully saturated rings. The highest BCUT2D eigenvalue weighted by molar-refractivity contribution is 7.20. The molecule has 3 rings (SSSR count). The van der Waals surface area contributed by atoms with Crippen LogP contribution in [-0.2, 0) is 24.0 Å². The number of nitrogens with one attached hydrogen (secondary N) is 9. The summed E-state index contributed by atoms with van der Waals surface area (Å²) < 4.78 is 0.789. The van der Waals surface area contributed by atoms with Crippen molar-refractivity contribution >= 4 is 68.8 Å². The van der Waals surface area contributed by atoms with Crippen LogP contribution in [0.25, 0.3) is 10.2 Å². The standard InChI is InChI=1S/C32H48N12O6S/c1-18(45)40-21-9-4-5-15-37-25(46)14-13-23(43-28(49)22(42-27(21)48)11-7-17-39-32(35)36)29(50)41-20(10-6-16-38-31(33)34)26(47)30-44-19-8-2-3-12-24(19)51-30/h2-3,8,12,20-23H,4-7,9-11,13-17H2,1H3,(H,37,46)(H,40,45)(H,41,50)(H,42,48)(H,43,49)(H4,33,34,38)(H4,35,36,39)/t20?,21-,22-,23-/m0/s1. The second-order valence-corrected chi connectivity index (χ2v) is 13.2. The van der Waals surface area contributed by atoms with E-state index in [2.05, 4.69) is 42.2 Å². The van der Waals surface area contributed by atoms with E-state index in [1.54, 1.807) is 12.1 Å². The van der Waals surface area contributed by atoms with E-state index in [0.29, 0.717) is 37.7 Å². The predicted molar refractivity (Wildman–Crippen MR) is 192 cm³/mol. The van der Waals surface area contributed by atoms with E-state index in [0.717, 1.165) is 4.70 Å². The zero-order chi connectivity index (χ0) is 37.3. The van der Waals surface area contributed by atoms with Crippen molar-refractivity contribution in [3.8, 4) is 0 Å². The molecule has 18 nitrogen and oxygen atoms in total. The summed E-state index contributed by atoms with van der Waals surface area (Å²) in [4.78, 5) is 83.9. The first kappa shape index (κ1) is 40.1. The van der Waals surface area contributed by atoms with E-state index in [4.69, 9.17) is 22.3 Å². The number of rotatable bonds is 13. The minimum absolute atomic E-state index is 0.0847. The number of hydrogen-bond acceptors (Lipinski definition) is 10. The Bertz CT molecular complexity index is 1550. The van der Waals surface area contributed by atoms with Gasteiger partial charge in [-0.25, -0.2) is 4.98 Å². The summed E-state index contributed by atoms with van der Waals surface area (Å²) in [7, 11) is 0. The number of Topliss-reactive ketones (excluding diaryl/α,β-unsaturated/α-hetero) is 1. The molecule has 0 aliphatic carbocycles. The SMILES string of the molecule is CC(=O)N[C@H]1CCCCNC(=O)CC[C@@H](C(=O)NC(CCCNC(=N)N)C(=O)c2nc3ccccc3s2)NC(=O)[C@H](CCCNC(=N)N)NC1=O. The third-order valence-electron chi connectivity index (χ3n) is 7.97. The summed E-state index contributed by atoms with van der Waals surface area (Å²) in [6.07, 6.45) is 1.92. The van der Waals surface area contributed by atoms with E-state index in [-0.39, 0.29) is 68.0 Å². The van der Waals surface area contributed by atoms with Gasteiger partial charge in [0.25, 0.3) is 0 Å². The molecule has 4 atom stereocenters. The summed E-state index contributed by atoms with van der Waals surface area (Å²) in [5.41, 5.74) is 11.4. The van der Waals surface area contributed by atoms with Gasteiger partial charge in [0.05, 0.1) is 16.3 Å². The molecule has 278 valence electrons. The molecule has 0 saturated carbocycles. The van der Waals surface area contributed by atoms with Gasteiger partial charge in [-0.3, -0.25) is 39.6 Å². The van der Waals surface area contributed by atoms with Gasteiger partial charge in [-0.15, -0.1) is 11.3 Å². The Hall–Kier alpha value is -5.33. The second kappa shape index (κ2) is 20.4. The third kappa shape index (κ3) is 13.8. The van der Waals surface area contributed by atoms with Gasteiger partial charge in [0.2, 0.25) is 35.3 Å². The maximum atomic E-state index is 13.9. The molecule has 1 aliphatic heterocycles. The Balaban J connectivity index is 1.88. The second-order valence-electron chi connectivity index (χ2n) is 12.1. The normalized spacial score (nSPS) is 19.5. The number of carbonyl (C=O) groups excluding carboxylic acids is 6. The maximum absolute atomic E-state index is 13.9.